The van der Waals surface area contributed by atoms with Crippen molar-refractivity contribution >= 4 is 22.7 Å². The maximum Gasteiger partial charge on any atom is 0.339 e. The van der Waals surface area contributed by atoms with Crippen molar-refractivity contribution in [2.75, 3.05) is 0 Å². The maximum absolute atomic E-state index is 13.0. The number of carbonyl (C=O) groups is 1. The van der Waals surface area contributed by atoms with Crippen LogP contribution >= 0.6 is 0 Å². The van der Waals surface area contributed by atoms with Crippen LogP contribution in [-0.4, -0.2) is 25.5 Å². The predicted molar refractivity (Wildman–Crippen MR) is 117 cm³/mol. The molecule has 0 aliphatic carbocycles. The molecule has 0 unspecified atom stereocenters. The van der Waals surface area contributed by atoms with Crippen LogP contribution < -0.4 is 5.56 Å². The van der Waals surface area contributed by atoms with Crippen LogP contribution in [0.4, 0.5) is 0 Å². The Labute approximate surface area is 182 Å². The average molecular weight is 426 g/mol. The van der Waals surface area contributed by atoms with Gasteiger partial charge in [-0.25, -0.2) is 14.8 Å². The molecule has 8 nitrogen and oxygen atoms in total. The third-order valence-electron chi connectivity index (χ3n) is 5.13. The second-order valence-corrected chi connectivity index (χ2v) is 7.46. The number of esters is 1. The number of fused-ring (bicyclic) bond motifs is 2. The Balaban J connectivity index is 1.49. The monoisotopic (exact) mass is 426 g/mol. The van der Waals surface area contributed by atoms with Gasteiger partial charge in [-0.1, -0.05) is 35.5 Å². The van der Waals surface area contributed by atoms with E-state index < -0.39 is 5.97 Å². The zero-order valence-electron chi connectivity index (χ0n) is 17.4. The van der Waals surface area contributed by atoms with E-state index in [4.69, 9.17) is 9.26 Å². The fourth-order valence-corrected chi connectivity index (χ4v) is 3.56. The van der Waals surface area contributed by atoms with Crippen molar-refractivity contribution in [3.05, 3.63) is 93.7 Å². The lowest BCUT2D eigenvalue weighted by Crippen LogP contribution is -2.16. The number of hydrogen-bond donors (Lipinski definition) is 0. The number of rotatable bonds is 4. The Hall–Kier alpha value is -4.33. The van der Waals surface area contributed by atoms with Crippen LogP contribution in [0, 0.1) is 13.8 Å². The molecular weight excluding hydrogens is 408 g/mol. The van der Waals surface area contributed by atoms with Gasteiger partial charge in [0.25, 0.3) is 11.3 Å². The number of aromatic nitrogens is 4. The lowest BCUT2D eigenvalue weighted by molar-refractivity contribution is 0.0470. The van der Waals surface area contributed by atoms with Gasteiger partial charge in [0.15, 0.2) is 0 Å². The Morgan fingerprint density at radius 2 is 1.88 bits per heavy atom. The van der Waals surface area contributed by atoms with Crippen LogP contribution in [0.25, 0.3) is 28.0 Å². The highest BCUT2D eigenvalue weighted by molar-refractivity contribution is 6.04. The molecule has 158 valence electrons. The van der Waals surface area contributed by atoms with Gasteiger partial charge in [0.05, 0.1) is 28.0 Å². The normalized spacial score (nSPS) is 11.2. The van der Waals surface area contributed by atoms with E-state index in [-0.39, 0.29) is 17.9 Å². The van der Waals surface area contributed by atoms with Crippen molar-refractivity contribution < 1.29 is 14.1 Å². The van der Waals surface area contributed by atoms with Gasteiger partial charge >= 0.3 is 5.97 Å². The van der Waals surface area contributed by atoms with Gasteiger partial charge in [-0.15, -0.1) is 0 Å². The highest BCUT2D eigenvalue weighted by Crippen LogP contribution is 2.27. The lowest BCUT2D eigenvalue weighted by atomic mass is 10.1. The van der Waals surface area contributed by atoms with Crippen LogP contribution in [0.3, 0.4) is 0 Å². The smallest absolute Gasteiger partial charge is 0.339 e. The van der Waals surface area contributed by atoms with E-state index in [1.807, 2.05) is 43.3 Å². The quantitative estimate of drug-likeness (QED) is 0.402. The largest absolute Gasteiger partial charge is 0.456 e. The molecule has 32 heavy (non-hydrogen) atoms. The van der Waals surface area contributed by atoms with Gasteiger partial charge in [-0.3, -0.25) is 9.20 Å². The number of ether oxygens (including phenoxy) is 1. The van der Waals surface area contributed by atoms with Crippen molar-refractivity contribution in [1.82, 2.24) is 19.5 Å². The summed E-state index contributed by atoms with van der Waals surface area (Å²) < 4.78 is 12.3. The Kier molecular flexibility index (Phi) is 4.74. The summed E-state index contributed by atoms with van der Waals surface area (Å²) >= 11 is 0. The van der Waals surface area contributed by atoms with Crippen molar-refractivity contribution in [3.8, 4) is 11.3 Å². The third-order valence-corrected chi connectivity index (χ3v) is 5.13. The molecule has 0 amide bonds. The molecule has 4 aromatic heterocycles. The molecule has 0 bridgehead atoms. The minimum Gasteiger partial charge on any atom is -0.456 e. The van der Waals surface area contributed by atoms with Crippen molar-refractivity contribution in [3.63, 3.8) is 0 Å². The van der Waals surface area contributed by atoms with Gasteiger partial charge in [-0.2, -0.15) is 0 Å². The fourth-order valence-electron chi connectivity index (χ4n) is 3.56. The SMILES string of the molecule is Cc1ccn2c(=O)cc(COC(=O)c3cc(-c4ccccc4)nc4onc(C)c34)nc2c1. The highest BCUT2D eigenvalue weighted by atomic mass is 16.5. The zero-order valence-corrected chi connectivity index (χ0v) is 17.4. The van der Waals surface area contributed by atoms with E-state index in [2.05, 4.69) is 15.1 Å². The van der Waals surface area contributed by atoms with Crippen molar-refractivity contribution in [2.24, 2.45) is 0 Å². The first-order valence-corrected chi connectivity index (χ1v) is 9.98. The summed E-state index contributed by atoms with van der Waals surface area (Å²) in [4.78, 5) is 34.3. The van der Waals surface area contributed by atoms with E-state index in [1.54, 1.807) is 25.3 Å². The maximum atomic E-state index is 13.0. The molecule has 0 aliphatic heterocycles. The number of pyridine rings is 2. The minimum atomic E-state index is -0.577. The minimum absolute atomic E-state index is 0.146. The van der Waals surface area contributed by atoms with Gasteiger partial charge in [0.2, 0.25) is 0 Å². The predicted octanol–water partition coefficient (Wildman–Crippen LogP) is 3.87. The summed E-state index contributed by atoms with van der Waals surface area (Å²) in [6, 6.07) is 16.1. The Morgan fingerprint density at radius 3 is 2.69 bits per heavy atom. The van der Waals surface area contributed by atoms with E-state index in [9.17, 15) is 9.59 Å². The molecule has 0 saturated heterocycles. The van der Waals surface area contributed by atoms with Gasteiger partial charge < -0.3 is 9.26 Å². The lowest BCUT2D eigenvalue weighted by Gasteiger charge is -2.08. The molecule has 0 spiro atoms. The van der Waals surface area contributed by atoms with Crippen molar-refractivity contribution in [2.45, 2.75) is 20.5 Å². The third kappa shape index (κ3) is 3.51. The molecule has 0 atom stereocenters. The molecule has 5 rings (SSSR count). The van der Waals surface area contributed by atoms with Crippen LogP contribution in [0.2, 0.25) is 0 Å². The van der Waals surface area contributed by atoms with Crippen LogP contribution in [0.1, 0.15) is 27.3 Å². The van der Waals surface area contributed by atoms with Crippen LogP contribution in [0.5, 0.6) is 0 Å². The topological polar surface area (TPSA) is 99.6 Å². The van der Waals surface area contributed by atoms with E-state index in [0.29, 0.717) is 33.7 Å². The van der Waals surface area contributed by atoms with E-state index in [1.165, 1.54) is 10.5 Å². The summed E-state index contributed by atoms with van der Waals surface area (Å²) in [5.41, 5.74) is 4.08. The summed E-state index contributed by atoms with van der Waals surface area (Å²) in [5.74, 6) is -0.577. The first-order chi connectivity index (χ1) is 15.5. The molecular formula is C24H18N4O4. The first-order valence-electron chi connectivity index (χ1n) is 9.98. The summed E-state index contributed by atoms with van der Waals surface area (Å²) in [5, 5.41) is 4.44. The molecule has 5 aromatic rings. The second kappa shape index (κ2) is 7.73. The average Bonchev–Trinajstić information content (AvgIpc) is 3.18. The summed E-state index contributed by atoms with van der Waals surface area (Å²) in [6.07, 6.45) is 1.67. The molecule has 8 heteroatoms. The second-order valence-electron chi connectivity index (χ2n) is 7.46. The standard InChI is InChI=1S/C24H18N4O4/c1-14-8-9-28-20(10-14)25-17(11-21(28)29)13-31-24(30)18-12-19(16-6-4-3-5-7-16)26-23-22(18)15(2)27-32-23/h3-12H,13H2,1-2H3. The molecule has 0 N–H and O–H groups in total. The number of hydrogen-bond acceptors (Lipinski definition) is 7. The zero-order chi connectivity index (χ0) is 22.2. The number of nitrogens with zero attached hydrogens (tertiary/aromatic N) is 4. The Morgan fingerprint density at radius 1 is 1.06 bits per heavy atom. The fraction of sp³-hybridized carbons (Fsp3) is 0.125. The van der Waals surface area contributed by atoms with Gasteiger partial charge in [0.1, 0.15) is 12.3 Å². The van der Waals surface area contributed by atoms with Crippen molar-refractivity contribution in [1.29, 1.82) is 0 Å². The van der Waals surface area contributed by atoms with Gasteiger partial charge in [0, 0.05) is 17.8 Å². The van der Waals surface area contributed by atoms with Crippen LogP contribution in [0.15, 0.2) is 70.1 Å². The van der Waals surface area contributed by atoms with Crippen LogP contribution in [-0.2, 0) is 11.3 Å². The highest BCUT2D eigenvalue weighted by Gasteiger charge is 2.21. The summed E-state index contributed by atoms with van der Waals surface area (Å²) in [6.45, 7) is 3.51. The van der Waals surface area contributed by atoms with E-state index in [0.717, 1.165) is 11.1 Å². The summed E-state index contributed by atoms with van der Waals surface area (Å²) in [7, 11) is 0. The molecule has 0 radical (unpaired) electrons. The molecule has 0 aliphatic rings. The number of benzene rings is 1. The first kappa shape index (κ1) is 19.6. The molecule has 0 saturated carbocycles. The van der Waals surface area contributed by atoms with E-state index >= 15 is 0 Å². The molecule has 1 aromatic carbocycles. The Bertz CT molecular complexity index is 1540. The van der Waals surface area contributed by atoms with Gasteiger partial charge in [-0.05, 0) is 37.6 Å². The number of carbonyl (C=O) groups excluding carboxylic acids is 1. The number of aryl methyl sites for hydroxylation is 2. The molecule has 4 heterocycles. The molecule has 0 fully saturated rings.